The summed E-state index contributed by atoms with van der Waals surface area (Å²) in [6, 6.07) is 2.46. The maximum Gasteiger partial charge on any atom is 0.140 e. The molecule has 4 aliphatic carbocycles. The fraction of sp³-hybridized carbons (Fsp3) is 0.840. The minimum Gasteiger partial charge on any atom is -0.383 e. The zero-order valence-electron chi connectivity index (χ0n) is 18.5. The molecule has 4 nitrogen and oxygen atoms in total. The molecule has 0 amide bonds. The minimum atomic E-state index is 0.274. The van der Waals surface area contributed by atoms with Crippen LogP contribution in [0.3, 0.4) is 0 Å². The Morgan fingerprint density at radius 1 is 1.14 bits per heavy atom. The second-order valence-electron chi connectivity index (χ2n) is 11.3. The molecule has 158 valence electrons. The molecule has 0 aromatic carbocycles. The van der Waals surface area contributed by atoms with Gasteiger partial charge in [-0.3, -0.25) is 0 Å². The average Bonchev–Trinajstić information content (AvgIpc) is 3.26. The predicted molar refractivity (Wildman–Crippen MR) is 116 cm³/mol. The summed E-state index contributed by atoms with van der Waals surface area (Å²) in [4.78, 5) is 0. The van der Waals surface area contributed by atoms with Crippen molar-refractivity contribution in [1.29, 1.82) is 5.26 Å². The Balaban J connectivity index is 1.38. The summed E-state index contributed by atoms with van der Waals surface area (Å²) in [6.07, 6.45) is 14.5. The number of nitrogen functional groups attached to an aromatic ring is 1. The topological polar surface area (TPSA) is 67.6 Å². The van der Waals surface area contributed by atoms with Crippen LogP contribution in [0, 0.1) is 58.2 Å². The van der Waals surface area contributed by atoms with Gasteiger partial charge in [-0.1, -0.05) is 20.3 Å². The summed E-state index contributed by atoms with van der Waals surface area (Å²) in [5, 5.41) is 13.8. The number of hydrogen-bond donors (Lipinski definition) is 1. The van der Waals surface area contributed by atoms with Crippen molar-refractivity contribution in [3.05, 3.63) is 11.8 Å². The van der Waals surface area contributed by atoms with E-state index in [4.69, 9.17) is 5.73 Å². The first-order chi connectivity index (χ1) is 13.9. The maximum atomic E-state index is 9.27. The van der Waals surface area contributed by atoms with Crippen LogP contribution in [0.1, 0.15) is 90.2 Å². The van der Waals surface area contributed by atoms with Crippen LogP contribution in [0.4, 0.5) is 5.82 Å². The van der Waals surface area contributed by atoms with E-state index >= 15 is 0 Å². The molecule has 0 radical (unpaired) electrons. The second-order valence-corrected chi connectivity index (χ2v) is 11.3. The van der Waals surface area contributed by atoms with E-state index < -0.39 is 0 Å². The van der Waals surface area contributed by atoms with E-state index in [2.05, 4.69) is 31.9 Å². The lowest BCUT2D eigenvalue weighted by Gasteiger charge is -2.56. The van der Waals surface area contributed by atoms with E-state index in [1.54, 1.807) is 6.20 Å². The monoisotopic (exact) mass is 394 g/mol. The quantitative estimate of drug-likeness (QED) is 0.689. The van der Waals surface area contributed by atoms with Crippen molar-refractivity contribution in [1.82, 2.24) is 9.78 Å². The van der Waals surface area contributed by atoms with Crippen LogP contribution in [-0.2, 0) is 0 Å². The molecule has 1 aromatic rings. The van der Waals surface area contributed by atoms with Crippen LogP contribution < -0.4 is 5.73 Å². The zero-order chi connectivity index (χ0) is 20.3. The normalized spacial score (nSPS) is 45.0. The lowest BCUT2D eigenvalue weighted by atomic mass is 9.49. The molecule has 9 atom stereocenters. The number of rotatable bonds is 2. The molecule has 29 heavy (non-hydrogen) atoms. The lowest BCUT2D eigenvalue weighted by molar-refractivity contribution is -0.0723. The van der Waals surface area contributed by atoms with Gasteiger partial charge in [-0.25, -0.2) is 4.68 Å². The van der Waals surface area contributed by atoms with E-state index in [1.165, 1.54) is 57.8 Å². The molecule has 0 spiro atoms. The molecule has 5 rings (SSSR count). The fourth-order valence-electron chi connectivity index (χ4n) is 8.87. The minimum absolute atomic E-state index is 0.274. The lowest BCUT2D eigenvalue weighted by Crippen LogP contribution is -2.49. The standard InChI is InChI=1S/C25H38N4/c1-15-4-6-19-17(12-15)5-7-21-20(19)10-11-25(3)22(8-9-23(21)25)16(2)29-24(27)18(13-26)14-28-29/h14-17,19-23H,4-12,27H2,1-3H3. The number of nitrogens with zero attached hydrogens (tertiary/aromatic N) is 3. The third-order valence-electron chi connectivity index (χ3n) is 10.2. The van der Waals surface area contributed by atoms with Gasteiger partial charge in [0.05, 0.1) is 12.2 Å². The molecule has 1 aromatic heterocycles. The molecule has 9 unspecified atom stereocenters. The van der Waals surface area contributed by atoms with Gasteiger partial charge in [-0.2, -0.15) is 10.4 Å². The summed E-state index contributed by atoms with van der Waals surface area (Å²) in [6.45, 7) is 7.35. The SMILES string of the molecule is CC1CCC2C(CCC3C2CCC2(C)C3CCC2C(C)n2ncc(C#N)c2N)C1. The highest BCUT2D eigenvalue weighted by Crippen LogP contribution is 2.66. The summed E-state index contributed by atoms with van der Waals surface area (Å²) in [5.41, 5.74) is 7.18. The Hall–Kier alpha value is -1.50. The van der Waals surface area contributed by atoms with E-state index in [1.807, 2.05) is 4.68 Å². The number of fused-ring (bicyclic) bond motifs is 5. The molecule has 4 aliphatic rings. The van der Waals surface area contributed by atoms with Gasteiger partial charge in [0.2, 0.25) is 0 Å². The third-order valence-corrected chi connectivity index (χ3v) is 10.2. The smallest absolute Gasteiger partial charge is 0.140 e. The maximum absolute atomic E-state index is 9.27. The summed E-state index contributed by atoms with van der Waals surface area (Å²) >= 11 is 0. The van der Waals surface area contributed by atoms with Crippen molar-refractivity contribution in [2.24, 2.45) is 46.8 Å². The van der Waals surface area contributed by atoms with E-state index in [0.717, 1.165) is 35.5 Å². The van der Waals surface area contributed by atoms with Crippen LogP contribution >= 0.6 is 0 Å². The van der Waals surface area contributed by atoms with Crippen molar-refractivity contribution in [2.45, 2.75) is 84.6 Å². The second kappa shape index (κ2) is 7.03. The highest BCUT2D eigenvalue weighted by atomic mass is 15.3. The predicted octanol–water partition coefficient (Wildman–Crippen LogP) is 5.80. The largest absolute Gasteiger partial charge is 0.383 e. The van der Waals surface area contributed by atoms with Crippen molar-refractivity contribution in [2.75, 3.05) is 5.73 Å². The molecule has 4 saturated carbocycles. The van der Waals surface area contributed by atoms with Gasteiger partial charge in [-0.05, 0) is 105 Å². The molecule has 1 heterocycles. The van der Waals surface area contributed by atoms with Crippen LogP contribution in [-0.4, -0.2) is 9.78 Å². The van der Waals surface area contributed by atoms with Crippen LogP contribution in [0.5, 0.6) is 0 Å². The van der Waals surface area contributed by atoms with E-state index in [9.17, 15) is 5.26 Å². The first-order valence-corrected chi connectivity index (χ1v) is 12.2. The first kappa shape index (κ1) is 19.5. The summed E-state index contributed by atoms with van der Waals surface area (Å²) in [7, 11) is 0. The number of nitrogens with two attached hydrogens (primary N) is 1. The summed E-state index contributed by atoms with van der Waals surface area (Å²) in [5.74, 6) is 6.99. The fourth-order valence-corrected chi connectivity index (χ4v) is 8.87. The van der Waals surface area contributed by atoms with Crippen molar-refractivity contribution >= 4 is 5.82 Å². The number of nitriles is 1. The van der Waals surface area contributed by atoms with Gasteiger partial charge < -0.3 is 5.73 Å². The van der Waals surface area contributed by atoms with Crippen molar-refractivity contribution in [3.63, 3.8) is 0 Å². The molecule has 2 N–H and O–H groups in total. The molecule has 0 aliphatic heterocycles. The Labute approximate surface area is 176 Å². The van der Waals surface area contributed by atoms with Crippen LogP contribution in [0.25, 0.3) is 0 Å². The van der Waals surface area contributed by atoms with Gasteiger partial charge >= 0.3 is 0 Å². The Morgan fingerprint density at radius 3 is 2.69 bits per heavy atom. The van der Waals surface area contributed by atoms with E-state index in [-0.39, 0.29) is 6.04 Å². The van der Waals surface area contributed by atoms with Crippen molar-refractivity contribution in [3.8, 4) is 6.07 Å². The highest BCUT2D eigenvalue weighted by molar-refractivity contribution is 5.47. The zero-order valence-corrected chi connectivity index (χ0v) is 18.5. The number of aromatic nitrogens is 2. The van der Waals surface area contributed by atoms with Gasteiger partial charge in [0.25, 0.3) is 0 Å². The molecular weight excluding hydrogens is 356 g/mol. The van der Waals surface area contributed by atoms with E-state index in [0.29, 0.717) is 22.7 Å². The first-order valence-electron chi connectivity index (χ1n) is 12.2. The summed E-state index contributed by atoms with van der Waals surface area (Å²) < 4.78 is 1.95. The molecule has 4 fully saturated rings. The molecule has 4 heteroatoms. The molecule has 0 bridgehead atoms. The molecular formula is C25H38N4. The van der Waals surface area contributed by atoms with Gasteiger partial charge in [-0.15, -0.1) is 0 Å². The Bertz CT molecular complexity index is 806. The van der Waals surface area contributed by atoms with Crippen LogP contribution in [0.2, 0.25) is 0 Å². The average molecular weight is 395 g/mol. The Morgan fingerprint density at radius 2 is 1.93 bits per heavy atom. The van der Waals surface area contributed by atoms with Gasteiger partial charge in [0, 0.05) is 0 Å². The molecule has 0 saturated heterocycles. The van der Waals surface area contributed by atoms with Gasteiger partial charge in [0.15, 0.2) is 0 Å². The highest BCUT2D eigenvalue weighted by Gasteiger charge is 2.58. The van der Waals surface area contributed by atoms with Crippen LogP contribution in [0.15, 0.2) is 6.20 Å². The van der Waals surface area contributed by atoms with Crippen molar-refractivity contribution < 1.29 is 0 Å². The number of anilines is 1. The third kappa shape index (κ3) is 2.87. The van der Waals surface area contributed by atoms with Gasteiger partial charge in [0.1, 0.15) is 17.5 Å². The Kier molecular flexibility index (Phi) is 4.72. The number of hydrogen-bond acceptors (Lipinski definition) is 3.